The van der Waals surface area contributed by atoms with Gasteiger partial charge < -0.3 is 5.11 Å². The Balaban J connectivity index is 2.23. The molecule has 0 bridgehead atoms. The number of rotatable bonds is 3. The smallest absolute Gasteiger partial charge is 0.340 e. The molecule has 0 radical (unpaired) electrons. The molecule has 2 rings (SSSR count). The molecule has 1 aromatic carbocycles. The van der Waals surface area contributed by atoms with E-state index in [1.165, 1.54) is 10.9 Å². The highest BCUT2D eigenvalue weighted by atomic mass is 35.5. The van der Waals surface area contributed by atoms with Gasteiger partial charge in [-0.3, -0.25) is 4.68 Å². The first-order chi connectivity index (χ1) is 7.66. The van der Waals surface area contributed by atoms with Crippen LogP contribution in [0.2, 0.25) is 5.15 Å². The minimum atomic E-state index is -1.07. The van der Waals surface area contributed by atoms with Crippen LogP contribution in [0.15, 0.2) is 36.5 Å². The van der Waals surface area contributed by atoms with Crippen molar-refractivity contribution in [1.29, 1.82) is 0 Å². The van der Waals surface area contributed by atoms with Gasteiger partial charge in [0, 0.05) is 6.20 Å². The van der Waals surface area contributed by atoms with Crippen molar-refractivity contribution in [3.05, 3.63) is 52.8 Å². The normalized spacial score (nSPS) is 10.3. The highest BCUT2D eigenvalue weighted by Gasteiger charge is 2.13. The van der Waals surface area contributed by atoms with Crippen molar-refractivity contribution in [2.45, 2.75) is 6.54 Å². The molecular formula is C11H9ClN2O2. The fourth-order valence-electron chi connectivity index (χ4n) is 1.39. The maximum absolute atomic E-state index is 10.7. The van der Waals surface area contributed by atoms with Gasteiger partial charge in [-0.15, -0.1) is 0 Å². The Kier molecular flexibility index (Phi) is 2.92. The van der Waals surface area contributed by atoms with Crippen molar-refractivity contribution < 1.29 is 9.90 Å². The first-order valence-corrected chi connectivity index (χ1v) is 5.05. The molecule has 0 unspecified atom stereocenters. The van der Waals surface area contributed by atoms with Crippen LogP contribution < -0.4 is 0 Å². The molecule has 0 aliphatic carbocycles. The third-order valence-corrected chi connectivity index (χ3v) is 2.41. The average Bonchev–Trinajstić information content (AvgIpc) is 2.61. The van der Waals surface area contributed by atoms with Gasteiger partial charge in [-0.05, 0) is 5.56 Å². The minimum absolute atomic E-state index is 0.0171. The fourth-order valence-corrected chi connectivity index (χ4v) is 1.62. The van der Waals surface area contributed by atoms with Crippen molar-refractivity contribution in [3.63, 3.8) is 0 Å². The van der Waals surface area contributed by atoms with Gasteiger partial charge in [0.25, 0.3) is 0 Å². The molecule has 5 heteroatoms. The van der Waals surface area contributed by atoms with Crippen LogP contribution in [0.25, 0.3) is 0 Å². The quantitative estimate of drug-likeness (QED) is 0.890. The number of halogens is 1. The second-order valence-electron chi connectivity index (χ2n) is 3.32. The highest BCUT2D eigenvalue weighted by molar-refractivity contribution is 6.32. The molecule has 0 fully saturated rings. The van der Waals surface area contributed by atoms with Gasteiger partial charge in [-0.1, -0.05) is 41.9 Å². The summed E-state index contributed by atoms with van der Waals surface area (Å²) in [5.41, 5.74) is 1.07. The SMILES string of the molecule is O=C(O)c1cn(Cc2ccccc2)nc1Cl. The highest BCUT2D eigenvalue weighted by Crippen LogP contribution is 2.14. The molecule has 4 nitrogen and oxygen atoms in total. The van der Waals surface area contributed by atoms with E-state index in [-0.39, 0.29) is 10.7 Å². The number of aromatic nitrogens is 2. The van der Waals surface area contributed by atoms with Crippen LogP contribution in [0.4, 0.5) is 0 Å². The molecule has 82 valence electrons. The van der Waals surface area contributed by atoms with Gasteiger partial charge in [0.05, 0.1) is 6.54 Å². The first kappa shape index (κ1) is 10.7. The monoisotopic (exact) mass is 236 g/mol. The van der Waals surface area contributed by atoms with E-state index in [9.17, 15) is 4.79 Å². The van der Waals surface area contributed by atoms with E-state index in [0.717, 1.165) is 5.56 Å². The van der Waals surface area contributed by atoms with Crippen LogP contribution in [0, 0.1) is 0 Å². The Bertz CT molecular complexity index is 508. The summed E-state index contributed by atoms with van der Waals surface area (Å²) >= 11 is 5.69. The molecule has 1 aromatic heterocycles. The largest absolute Gasteiger partial charge is 0.478 e. The standard InChI is InChI=1S/C11H9ClN2O2/c12-10-9(11(15)16)7-14(13-10)6-8-4-2-1-3-5-8/h1-5,7H,6H2,(H,15,16). The van der Waals surface area contributed by atoms with Crippen LogP contribution in [0.3, 0.4) is 0 Å². The van der Waals surface area contributed by atoms with Crippen LogP contribution in [-0.2, 0) is 6.54 Å². The zero-order valence-corrected chi connectivity index (χ0v) is 9.05. The summed E-state index contributed by atoms with van der Waals surface area (Å²) in [6.07, 6.45) is 1.43. The lowest BCUT2D eigenvalue weighted by Crippen LogP contribution is -2.00. The Morgan fingerprint density at radius 2 is 2.06 bits per heavy atom. The van der Waals surface area contributed by atoms with Gasteiger partial charge in [0.1, 0.15) is 5.56 Å². The zero-order valence-electron chi connectivity index (χ0n) is 8.30. The summed E-state index contributed by atoms with van der Waals surface area (Å²) in [4.78, 5) is 10.7. The second-order valence-corrected chi connectivity index (χ2v) is 3.68. The van der Waals surface area contributed by atoms with E-state index >= 15 is 0 Å². The number of nitrogens with zero attached hydrogens (tertiary/aromatic N) is 2. The van der Waals surface area contributed by atoms with E-state index in [1.54, 1.807) is 0 Å². The third-order valence-electron chi connectivity index (χ3n) is 2.13. The number of aromatic carboxylic acids is 1. The Hall–Kier alpha value is -1.81. The number of benzene rings is 1. The Labute approximate surface area is 97.1 Å². The van der Waals surface area contributed by atoms with E-state index in [1.807, 2.05) is 30.3 Å². The summed E-state index contributed by atoms with van der Waals surface area (Å²) in [5, 5.41) is 12.8. The number of hydrogen-bond acceptors (Lipinski definition) is 2. The lowest BCUT2D eigenvalue weighted by atomic mass is 10.2. The predicted molar refractivity (Wildman–Crippen MR) is 59.7 cm³/mol. The molecule has 0 aliphatic rings. The number of hydrogen-bond donors (Lipinski definition) is 1. The van der Waals surface area contributed by atoms with Crippen LogP contribution in [0.1, 0.15) is 15.9 Å². The molecule has 0 amide bonds. The molecule has 2 aromatic rings. The molecular weight excluding hydrogens is 228 g/mol. The molecule has 0 spiro atoms. The van der Waals surface area contributed by atoms with Gasteiger partial charge >= 0.3 is 5.97 Å². The van der Waals surface area contributed by atoms with E-state index in [4.69, 9.17) is 16.7 Å². The number of carbonyl (C=O) groups is 1. The van der Waals surface area contributed by atoms with Gasteiger partial charge in [-0.2, -0.15) is 5.10 Å². The van der Waals surface area contributed by atoms with E-state index in [2.05, 4.69) is 5.10 Å². The summed E-state index contributed by atoms with van der Waals surface area (Å²) in [6, 6.07) is 9.63. The van der Waals surface area contributed by atoms with Crippen molar-refractivity contribution in [2.75, 3.05) is 0 Å². The predicted octanol–water partition coefficient (Wildman–Crippen LogP) is 2.28. The lowest BCUT2D eigenvalue weighted by Gasteiger charge is -2.00. The molecule has 0 atom stereocenters. The molecule has 0 saturated heterocycles. The van der Waals surface area contributed by atoms with Crippen LogP contribution >= 0.6 is 11.6 Å². The van der Waals surface area contributed by atoms with Gasteiger partial charge in [0.2, 0.25) is 0 Å². The summed E-state index contributed by atoms with van der Waals surface area (Å²) in [6.45, 7) is 0.508. The summed E-state index contributed by atoms with van der Waals surface area (Å²) < 4.78 is 1.52. The third kappa shape index (κ3) is 2.23. The molecule has 0 aliphatic heterocycles. The first-order valence-electron chi connectivity index (χ1n) is 4.67. The van der Waals surface area contributed by atoms with Crippen LogP contribution in [0.5, 0.6) is 0 Å². The Morgan fingerprint density at radius 1 is 1.38 bits per heavy atom. The van der Waals surface area contributed by atoms with Crippen molar-refractivity contribution in [2.24, 2.45) is 0 Å². The number of carboxylic acid groups (broad SMARTS) is 1. The summed E-state index contributed by atoms with van der Waals surface area (Å²) in [5.74, 6) is -1.07. The fraction of sp³-hybridized carbons (Fsp3) is 0.0909. The molecule has 16 heavy (non-hydrogen) atoms. The summed E-state index contributed by atoms with van der Waals surface area (Å²) in [7, 11) is 0. The van der Waals surface area contributed by atoms with E-state index < -0.39 is 5.97 Å². The number of carboxylic acids is 1. The van der Waals surface area contributed by atoms with Crippen LogP contribution in [-0.4, -0.2) is 20.9 Å². The maximum Gasteiger partial charge on any atom is 0.340 e. The average molecular weight is 237 g/mol. The minimum Gasteiger partial charge on any atom is -0.478 e. The van der Waals surface area contributed by atoms with Gasteiger partial charge in [0.15, 0.2) is 5.15 Å². The van der Waals surface area contributed by atoms with Gasteiger partial charge in [-0.25, -0.2) is 4.79 Å². The molecule has 1 heterocycles. The molecule has 0 saturated carbocycles. The zero-order chi connectivity index (χ0) is 11.5. The lowest BCUT2D eigenvalue weighted by molar-refractivity contribution is 0.0697. The maximum atomic E-state index is 10.7. The topological polar surface area (TPSA) is 55.1 Å². The van der Waals surface area contributed by atoms with Crippen molar-refractivity contribution in [3.8, 4) is 0 Å². The van der Waals surface area contributed by atoms with Crippen molar-refractivity contribution in [1.82, 2.24) is 9.78 Å². The molecule has 1 N–H and O–H groups in total. The van der Waals surface area contributed by atoms with Crippen molar-refractivity contribution >= 4 is 17.6 Å². The van der Waals surface area contributed by atoms with E-state index in [0.29, 0.717) is 6.54 Å². The Morgan fingerprint density at radius 3 is 2.62 bits per heavy atom. The second kappa shape index (κ2) is 4.37.